The molecule has 0 amide bonds. The maximum atomic E-state index is 9.18. The SMILES string of the molecule is [2H]c1c([2H])c([2H])c2c(-c3cccc4oc5cc(-c6nc(-n7c8ccccc8c8ccccc87)nc(-n7c8c([2H])c([2H])c([2H])c([2H])c8c8c([2H])c([2H])c([2H])c([2H])c87)n6)ccc5c34)c([2H])c([2H])c([2H])c2c1[2H]. The van der Waals surface area contributed by atoms with E-state index in [1.54, 1.807) is 36.4 Å². The van der Waals surface area contributed by atoms with Crippen molar-refractivity contribution in [2.75, 3.05) is 0 Å². The van der Waals surface area contributed by atoms with E-state index in [1.807, 2.05) is 53.1 Å². The molecule has 0 spiro atoms. The summed E-state index contributed by atoms with van der Waals surface area (Å²) >= 11 is 0. The van der Waals surface area contributed by atoms with Gasteiger partial charge in [-0.15, -0.1) is 0 Å². The van der Waals surface area contributed by atoms with Crippen LogP contribution in [-0.4, -0.2) is 24.1 Å². The Labute approximate surface area is 335 Å². The third-order valence-corrected chi connectivity index (χ3v) is 9.96. The lowest BCUT2D eigenvalue weighted by molar-refractivity contribution is 0.669. The van der Waals surface area contributed by atoms with Crippen molar-refractivity contribution in [1.82, 2.24) is 24.1 Å². The Balaban J connectivity index is 1.18. The fraction of sp³-hybridized carbons (Fsp3) is 0. The molecular formula is C49H29N5O. The van der Waals surface area contributed by atoms with Crippen LogP contribution in [0.3, 0.4) is 0 Å². The molecule has 4 heterocycles. The van der Waals surface area contributed by atoms with Gasteiger partial charge in [0.15, 0.2) is 5.82 Å². The van der Waals surface area contributed by atoms with Crippen LogP contribution in [0.5, 0.6) is 0 Å². The van der Waals surface area contributed by atoms with Crippen LogP contribution >= 0.6 is 0 Å². The number of benzene rings is 8. The molecule has 12 rings (SSSR count). The quantitative estimate of drug-likeness (QED) is 0.182. The molecule has 4 aromatic heterocycles. The average Bonchev–Trinajstić information content (AvgIpc) is 4.05. The first-order valence-electron chi connectivity index (χ1n) is 24.7. The van der Waals surface area contributed by atoms with Gasteiger partial charge in [-0.05, 0) is 64.3 Å². The van der Waals surface area contributed by atoms with E-state index in [0.29, 0.717) is 44.1 Å². The number of rotatable bonds is 4. The van der Waals surface area contributed by atoms with Crippen molar-refractivity contribution in [3.8, 4) is 34.4 Å². The highest BCUT2D eigenvalue weighted by Crippen LogP contribution is 2.41. The molecule has 0 aliphatic heterocycles. The van der Waals surface area contributed by atoms with Crippen LogP contribution in [0.2, 0.25) is 0 Å². The average molecular weight is 719 g/mol. The molecule has 6 nitrogen and oxygen atoms in total. The lowest BCUT2D eigenvalue weighted by Crippen LogP contribution is -2.10. The molecule has 0 N–H and O–H groups in total. The normalized spacial score (nSPS) is 15.8. The molecule has 0 radical (unpaired) electrons. The van der Waals surface area contributed by atoms with Crippen molar-refractivity contribution >= 4 is 76.3 Å². The lowest BCUT2D eigenvalue weighted by Gasteiger charge is -2.12. The first-order valence-corrected chi connectivity index (χ1v) is 17.2. The third kappa shape index (κ3) is 4.39. The zero-order valence-corrected chi connectivity index (χ0v) is 28.2. The largest absolute Gasteiger partial charge is 0.456 e. The molecule has 0 saturated heterocycles. The van der Waals surface area contributed by atoms with Crippen molar-refractivity contribution < 1.29 is 25.0 Å². The molecule has 6 heteroatoms. The zero-order chi connectivity index (χ0) is 49.1. The molecule has 55 heavy (non-hydrogen) atoms. The van der Waals surface area contributed by atoms with Crippen LogP contribution in [0.1, 0.15) is 20.6 Å². The summed E-state index contributed by atoms with van der Waals surface area (Å²) in [5.41, 5.74) is 2.39. The van der Waals surface area contributed by atoms with Crippen molar-refractivity contribution in [2.45, 2.75) is 0 Å². The van der Waals surface area contributed by atoms with E-state index in [-0.39, 0.29) is 55.9 Å². The van der Waals surface area contributed by atoms with Gasteiger partial charge in [0, 0.05) is 37.9 Å². The summed E-state index contributed by atoms with van der Waals surface area (Å²) in [6.07, 6.45) is 0. The molecule has 0 aliphatic rings. The van der Waals surface area contributed by atoms with Crippen LogP contribution < -0.4 is 0 Å². The summed E-state index contributed by atoms with van der Waals surface area (Å²) < 4.78 is 141. The summed E-state index contributed by atoms with van der Waals surface area (Å²) in [6.45, 7) is 0. The van der Waals surface area contributed by atoms with Crippen LogP contribution in [-0.2, 0) is 0 Å². The molecule has 0 fully saturated rings. The molecule has 0 bridgehead atoms. The number of hydrogen-bond donors (Lipinski definition) is 0. The minimum Gasteiger partial charge on any atom is -0.456 e. The van der Waals surface area contributed by atoms with Gasteiger partial charge >= 0.3 is 0 Å². The molecule has 0 unspecified atom stereocenters. The predicted molar refractivity (Wildman–Crippen MR) is 224 cm³/mol. The topological polar surface area (TPSA) is 61.7 Å². The second-order valence-electron chi connectivity index (χ2n) is 12.9. The van der Waals surface area contributed by atoms with Crippen LogP contribution in [0.25, 0.3) is 111 Å². The Kier molecular flexibility index (Phi) is 3.95. The second kappa shape index (κ2) is 11.5. The minimum atomic E-state index is -0.608. The van der Waals surface area contributed by atoms with E-state index >= 15 is 0 Å². The number of hydrogen-bond acceptors (Lipinski definition) is 4. The molecule has 0 aliphatic carbocycles. The van der Waals surface area contributed by atoms with E-state index in [0.717, 1.165) is 10.8 Å². The number of para-hydroxylation sites is 4. The van der Waals surface area contributed by atoms with Crippen LogP contribution in [0, 0.1) is 0 Å². The fourth-order valence-corrected chi connectivity index (χ4v) is 7.63. The molecule has 12 aromatic rings. The summed E-state index contributed by atoms with van der Waals surface area (Å²) in [5, 5.41) is 2.14. The molecule has 8 aromatic carbocycles. The highest BCUT2D eigenvalue weighted by atomic mass is 16.3. The van der Waals surface area contributed by atoms with E-state index < -0.39 is 90.6 Å². The maximum absolute atomic E-state index is 9.18. The number of fused-ring (bicyclic) bond motifs is 10. The highest BCUT2D eigenvalue weighted by molar-refractivity contribution is 6.16. The van der Waals surface area contributed by atoms with Crippen molar-refractivity contribution in [2.24, 2.45) is 0 Å². The number of nitrogens with zero attached hydrogens (tertiary/aromatic N) is 5. The summed E-state index contributed by atoms with van der Waals surface area (Å²) in [7, 11) is 0. The summed E-state index contributed by atoms with van der Waals surface area (Å²) in [6, 6.07) is 17.3. The van der Waals surface area contributed by atoms with E-state index in [1.165, 1.54) is 4.57 Å². The van der Waals surface area contributed by atoms with Gasteiger partial charge in [-0.25, -0.2) is 0 Å². The van der Waals surface area contributed by atoms with Gasteiger partial charge in [0.2, 0.25) is 11.9 Å². The molecular weight excluding hydrogens is 675 g/mol. The van der Waals surface area contributed by atoms with Gasteiger partial charge < -0.3 is 4.42 Å². The minimum absolute atomic E-state index is 0.0282. The van der Waals surface area contributed by atoms with Crippen LogP contribution in [0.4, 0.5) is 0 Å². The third-order valence-electron chi connectivity index (χ3n) is 9.96. The Morgan fingerprint density at radius 2 is 1.05 bits per heavy atom. The first kappa shape index (κ1) is 19.0. The highest BCUT2D eigenvalue weighted by Gasteiger charge is 2.21. The summed E-state index contributed by atoms with van der Waals surface area (Å²) in [5.74, 6) is -0.140. The maximum Gasteiger partial charge on any atom is 0.240 e. The number of furan rings is 1. The molecule has 0 saturated carbocycles. The first-order chi connectivity index (χ1) is 33.5. The van der Waals surface area contributed by atoms with Crippen molar-refractivity contribution in [1.29, 1.82) is 0 Å². The van der Waals surface area contributed by atoms with E-state index in [4.69, 9.17) is 37.2 Å². The Morgan fingerprint density at radius 3 is 1.78 bits per heavy atom. The van der Waals surface area contributed by atoms with E-state index in [2.05, 4.69) is 0 Å². The van der Waals surface area contributed by atoms with Gasteiger partial charge in [-0.1, -0.05) is 133 Å². The zero-order valence-electron chi connectivity index (χ0n) is 43.2. The number of aromatic nitrogens is 5. The van der Waals surface area contributed by atoms with Gasteiger partial charge in [0.25, 0.3) is 0 Å². The monoisotopic (exact) mass is 718 g/mol. The van der Waals surface area contributed by atoms with Crippen LogP contribution in [0.15, 0.2) is 180 Å². The standard InChI is InChI=1S/C49H29N5O/c1-2-15-32-30(13-1)14-11-20-33(32)38-21-12-26-44-46(38)39-28-27-31(29-45(39)55-44)47-50-48(53-40-22-7-3-16-34(40)35-17-4-8-23-41(35)53)52-49(51-47)54-42-24-9-5-18-36(42)37-19-6-10-25-43(37)54/h1-29H/i1D,2D,3D,4D,7D,8D,11D,13D,14D,15D,16D,17D,20D,22D,23D. The molecule has 256 valence electrons. The smallest absolute Gasteiger partial charge is 0.240 e. The van der Waals surface area contributed by atoms with Gasteiger partial charge in [-0.3, -0.25) is 9.13 Å². The summed E-state index contributed by atoms with van der Waals surface area (Å²) in [4.78, 5) is 14.9. The Hall–Kier alpha value is -7.57. The van der Waals surface area contributed by atoms with E-state index in [9.17, 15) is 2.74 Å². The predicted octanol–water partition coefficient (Wildman–Crippen LogP) is 12.5. The van der Waals surface area contributed by atoms with Crippen molar-refractivity contribution in [3.05, 3.63) is 176 Å². The van der Waals surface area contributed by atoms with Gasteiger partial charge in [-0.2, -0.15) is 15.0 Å². The van der Waals surface area contributed by atoms with Crippen molar-refractivity contribution in [3.63, 3.8) is 0 Å². The molecule has 0 atom stereocenters. The van der Waals surface area contributed by atoms with Gasteiger partial charge in [0.1, 0.15) is 11.2 Å². The van der Waals surface area contributed by atoms with Gasteiger partial charge in [0.05, 0.1) is 42.6 Å². The Bertz CT molecular complexity index is 4250. The fourth-order valence-electron chi connectivity index (χ4n) is 7.63. The lowest BCUT2D eigenvalue weighted by atomic mass is 9.94. The second-order valence-corrected chi connectivity index (χ2v) is 12.9. The Morgan fingerprint density at radius 1 is 0.436 bits per heavy atom.